The number of methoxy groups -OCH3 is 2. The Labute approximate surface area is 435 Å². The van der Waals surface area contributed by atoms with Gasteiger partial charge in [-0.05, 0) is 101 Å². The average Bonchev–Trinajstić information content (AvgIpc) is 4.17. The molecule has 3 aliphatic rings. The third-order valence-corrected chi connectivity index (χ3v) is 14.5. The maximum Gasteiger partial charge on any atom is 0.407 e. The zero-order valence-electron chi connectivity index (χ0n) is 40.7. The van der Waals surface area contributed by atoms with Crippen LogP contribution in [0, 0.1) is 25.6 Å². The van der Waals surface area contributed by atoms with E-state index in [1.807, 2.05) is 48.7 Å². The van der Waals surface area contributed by atoms with Crippen LogP contribution in [0.1, 0.15) is 98.7 Å². The van der Waals surface area contributed by atoms with Gasteiger partial charge in [-0.2, -0.15) is 40.5 Å². The van der Waals surface area contributed by atoms with Crippen LogP contribution in [0.25, 0.3) is 44.7 Å². The summed E-state index contributed by atoms with van der Waals surface area (Å²) in [5, 5.41) is 5.88. The van der Waals surface area contributed by atoms with Gasteiger partial charge in [0, 0.05) is 34.5 Å². The number of aromatic nitrogens is 5. The molecule has 2 fully saturated rings. The summed E-state index contributed by atoms with van der Waals surface area (Å²) in [6, 6.07) is 10.2. The number of ether oxygens (including phenoxy) is 3. The molecule has 4 N–H and O–H groups in total. The van der Waals surface area contributed by atoms with Crippen LogP contribution in [-0.4, -0.2) is 103 Å². The molecule has 6 aromatic rings. The Hall–Kier alpha value is -5.71. The molecule has 2 unspecified atom stereocenters. The van der Waals surface area contributed by atoms with Gasteiger partial charge in [-0.25, -0.2) is 28.3 Å². The molecule has 4 aromatic heterocycles. The number of rotatable bonds is 11. The first-order valence-corrected chi connectivity index (χ1v) is 23.6. The zero-order valence-corrected chi connectivity index (χ0v) is 44.5. The van der Waals surface area contributed by atoms with E-state index < -0.39 is 53.9 Å². The van der Waals surface area contributed by atoms with Crippen molar-refractivity contribution in [2.45, 2.75) is 103 Å². The number of nitrogens with one attached hydrogen (secondary N) is 4. The number of carbonyl (C=O) groups excluding carboxylic acids is 4. The molecular formula is C49H61F2N9O7S4. The number of H-pyrrole nitrogens is 2. The second-order valence-corrected chi connectivity index (χ2v) is 19.9. The number of hydrogen-bond acceptors (Lipinski definition) is 10. The van der Waals surface area contributed by atoms with Crippen molar-refractivity contribution in [1.29, 1.82) is 0 Å². The minimum Gasteiger partial charge on any atom is -0.464 e. The number of carbonyl (C=O) groups is 4. The minimum atomic E-state index is -2.06. The van der Waals surface area contributed by atoms with Crippen LogP contribution in [-0.2, 0) is 19.1 Å². The number of nitrogens with zero attached hydrogens (tertiary/aromatic N) is 5. The smallest absolute Gasteiger partial charge is 0.407 e. The Balaban J connectivity index is 0.00000275. The Bertz CT molecular complexity index is 2930. The number of aromatic amines is 2. The Morgan fingerprint density at radius 2 is 1.42 bits per heavy atom. The summed E-state index contributed by atoms with van der Waals surface area (Å²) in [6.45, 7) is 11.2. The van der Waals surface area contributed by atoms with Gasteiger partial charge in [0.1, 0.15) is 41.0 Å². The van der Waals surface area contributed by atoms with Crippen LogP contribution < -0.4 is 15.4 Å². The molecule has 0 radical (unpaired) electrons. The summed E-state index contributed by atoms with van der Waals surface area (Å²) < 4.78 is 50.5. The second kappa shape index (κ2) is 21.6. The average molecular weight is 1050 g/mol. The van der Waals surface area contributed by atoms with Crippen molar-refractivity contribution in [2.75, 3.05) is 27.3 Å². The molecule has 7 heterocycles. The molecule has 71 heavy (non-hydrogen) atoms. The van der Waals surface area contributed by atoms with Crippen LogP contribution >= 0.6 is 51.8 Å². The van der Waals surface area contributed by atoms with Crippen LogP contribution in [0.3, 0.4) is 0 Å². The molecule has 3 aliphatic heterocycles. The van der Waals surface area contributed by atoms with Crippen molar-refractivity contribution in [1.82, 2.24) is 44.9 Å². The molecule has 9 rings (SSSR count). The van der Waals surface area contributed by atoms with E-state index in [9.17, 15) is 19.2 Å². The van der Waals surface area contributed by atoms with Crippen molar-refractivity contribution >= 4 is 86.7 Å². The maximum atomic E-state index is 16.9. The van der Waals surface area contributed by atoms with Gasteiger partial charge in [0.15, 0.2) is 0 Å². The van der Waals surface area contributed by atoms with Crippen LogP contribution in [0.2, 0.25) is 0 Å². The van der Waals surface area contributed by atoms with E-state index in [0.29, 0.717) is 78.0 Å². The molecule has 2 saturated heterocycles. The van der Waals surface area contributed by atoms with Gasteiger partial charge in [0.05, 0.1) is 71.7 Å². The number of likely N-dealkylation sites (tertiary alicyclic amines) is 2. The minimum absolute atomic E-state index is 0. The molecule has 22 heteroatoms. The molecule has 4 amide bonds. The highest BCUT2D eigenvalue weighted by Gasteiger charge is 2.44. The highest BCUT2D eigenvalue weighted by Crippen LogP contribution is 2.49. The molecule has 5 atom stereocenters. The fraction of sp³-hybridized carbons (Fsp3) is 0.429. The summed E-state index contributed by atoms with van der Waals surface area (Å²) in [5.41, 5.74) is 3.40. The van der Waals surface area contributed by atoms with Gasteiger partial charge >= 0.3 is 12.2 Å². The van der Waals surface area contributed by atoms with Crippen LogP contribution in [0.5, 0.6) is 5.75 Å². The number of amides is 4. The molecule has 0 spiro atoms. The summed E-state index contributed by atoms with van der Waals surface area (Å²) >= 11 is 1.62. The van der Waals surface area contributed by atoms with E-state index in [1.165, 1.54) is 27.0 Å². The lowest BCUT2D eigenvalue weighted by atomic mass is 9.99. The van der Waals surface area contributed by atoms with E-state index >= 15 is 8.78 Å². The van der Waals surface area contributed by atoms with Gasteiger partial charge in [-0.3, -0.25) is 14.2 Å². The monoisotopic (exact) mass is 1050 g/mol. The zero-order chi connectivity index (χ0) is 48.3. The molecule has 16 nitrogen and oxygen atoms in total. The third kappa shape index (κ3) is 10.3. The van der Waals surface area contributed by atoms with Crippen molar-refractivity contribution in [3.05, 3.63) is 87.6 Å². The van der Waals surface area contributed by atoms with E-state index in [0.717, 1.165) is 45.3 Å². The number of halogens is 2. The number of benzene rings is 2. The highest BCUT2D eigenvalue weighted by molar-refractivity contribution is 7.59. The van der Waals surface area contributed by atoms with Crippen LogP contribution in [0.4, 0.5) is 18.4 Å². The first kappa shape index (κ1) is 54.6. The standard InChI is InChI=1S/C49H55F2N9O7S.3H2S/c1-24(2)40(56-47(63)65-7)44(61)58-15-9-11-34(58)42-53-23-32(55-42)28-19-30(50)39-36-20-29-18-27(13-14-33(29)60(36)46(67-37(39)21-28)38-17-25(3)26(4)68-38)31-22-52-43(54-31)35-12-10-16-59(35)45(62)41(49(5,6)51)57-48(64)66-8;;;/h13-14,17-24,34-35,40-41,46H,9-12,15-16H2,1-8H3,(H,52,54)(H,53,55)(H,56,63)(H,57,64);3*1H2/t34-,35-,40-,41?,46?;;;/m0.../s1. The molecule has 0 aliphatic carbocycles. The fourth-order valence-corrected chi connectivity index (χ4v) is 10.8. The normalized spacial score (nSPS) is 18.0. The summed E-state index contributed by atoms with van der Waals surface area (Å²) in [7, 11) is 2.42. The van der Waals surface area contributed by atoms with Crippen molar-refractivity contribution in [3.8, 4) is 39.5 Å². The van der Waals surface area contributed by atoms with Crippen molar-refractivity contribution < 1.29 is 42.2 Å². The van der Waals surface area contributed by atoms with Crippen LogP contribution in [0.15, 0.2) is 54.9 Å². The van der Waals surface area contributed by atoms with E-state index in [4.69, 9.17) is 9.47 Å². The lowest BCUT2D eigenvalue weighted by Gasteiger charge is -2.32. The van der Waals surface area contributed by atoms with E-state index in [-0.39, 0.29) is 58.4 Å². The van der Waals surface area contributed by atoms with E-state index in [1.54, 1.807) is 33.5 Å². The van der Waals surface area contributed by atoms with Gasteiger partial charge in [0.25, 0.3) is 0 Å². The van der Waals surface area contributed by atoms with Gasteiger partial charge in [-0.1, -0.05) is 19.9 Å². The Morgan fingerprint density at radius 3 is 1.99 bits per heavy atom. The fourth-order valence-electron chi connectivity index (χ4n) is 9.69. The molecule has 0 saturated carbocycles. The molecule has 2 aromatic carbocycles. The predicted octanol–water partition coefficient (Wildman–Crippen LogP) is 9.36. The highest BCUT2D eigenvalue weighted by atomic mass is 32.1. The largest absolute Gasteiger partial charge is 0.464 e. The quantitative estimate of drug-likeness (QED) is 0.0980. The Morgan fingerprint density at radius 1 is 0.831 bits per heavy atom. The summed E-state index contributed by atoms with van der Waals surface area (Å²) in [6.07, 6.45) is 3.82. The number of alkyl halides is 1. The SMILES string of the molecule is COC(=O)NC(C(=O)N1CCC[C@H]1c1ncc(-c2ccc3c(c2)cc2n3C(c3cc(C)c(C)s3)Oc3cc(-c4cnc([C@@H]5CCCN5C(=O)[C@@H](NC(=O)OC)C(C)C)[nH]4)cc(F)c3-2)[nH]1)C(C)(C)F.S.S.S. The van der Waals surface area contributed by atoms with Gasteiger partial charge in [0.2, 0.25) is 18.0 Å². The van der Waals surface area contributed by atoms with Gasteiger partial charge in [-0.15, -0.1) is 11.3 Å². The number of alkyl carbamates (subject to hydrolysis) is 2. The van der Waals surface area contributed by atoms with Crippen molar-refractivity contribution in [2.24, 2.45) is 5.92 Å². The Kier molecular flexibility index (Phi) is 16.6. The number of imidazole rings is 2. The maximum absolute atomic E-state index is 16.9. The molecular weight excluding hydrogens is 993 g/mol. The number of fused-ring (bicyclic) bond motifs is 5. The predicted molar refractivity (Wildman–Crippen MR) is 282 cm³/mol. The van der Waals surface area contributed by atoms with E-state index in [2.05, 4.69) is 55.2 Å². The lowest BCUT2D eigenvalue weighted by molar-refractivity contribution is -0.138. The summed E-state index contributed by atoms with van der Waals surface area (Å²) in [5.74, 6) is -0.0139. The lowest BCUT2D eigenvalue weighted by Crippen LogP contribution is -2.56. The molecule has 382 valence electrons. The third-order valence-electron chi connectivity index (χ3n) is 13.3. The first-order valence-electron chi connectivity index (χ1n) is 22.8. The first-order chi connectivity index (χ1) is 32.4. The summed E-state index contributed by atoms with van der Waals surface area (Å²) in [4.78, 5) is 73.3. The topological polar surface area (TPSA) is 189 Å². The number of aryl methyl sites for hydroxylation is 2. The van der Waals surface area contributed by atoms with Gasteiger partial charge < -0.3 is 44.6 Å². The second-order valence-electron chi connectivity index (χ2n) is 18.6. The number of hydrogen-bond donors (Lipinski definition) is 4. The number of thiophene rings is 1. The van der Waals surface area contributed by atoms with Crippen molar-refractivity contribution in [3.63, 3.8) is 0 Å². The molecule has 0 bridgehead atoms.